The minimum Gasteiger partial charge on any atom is -0.378 e. The molecule has 0 fully saturated rings. The van der Waals surface area contributed by atoms with E-state index in [1.54, 1.807) is 6.26 Å². The number of hydrogen-bond acceptors (Lipinski definition) is 3. The summed E-state index contributed by atoms with van der Waals surface area (Å²) in [5, 5.41) is 3.89. The van der Waals surface area contributed by atoms with Crippen molar-refractivity contribution in [3.63, 3.8) is 0 Å². The molecule has 0 aliphatic carbocycles. The molecule has 2 rings (SSSR count). The summed E-state index contributed by atoms with van der Waals surface area (Å²) in [6.45, 7) is 0. The summed E-state index contributed by atoms with van der Waals surface area (Å²) in [5.74, 6) is 0. The van der Waals surface area contributed by atoms with Crippen molar-refractivity contribution in [3.05, 3.63) is 36.6 Å². The molecule has 0 unspecified atom stereocenters. The van der Waals surface area contributed by atoms with Crippen molar-refractivity contribution in [3.8, 4) is 11.3 Å². The fourth-order valence-electron chi connectivity index (χ4n) is 1.30. The van der Waals surface area contributed by atoms with Crippen molar-refractivity contribution in [2.75, 3.05) is 19.0 Å². The summed E-state index contributed by atoms with van der Waals surface area (Å²) in [5.41, 5.74) is 3.10. The van der Waals surface area contributed by atoms with Crippen LogP contribution in [-0.2, 0) is 0 Å². The van der Waals surface area contributed by atoms with E-state index in [1.807, 2.05) is 32.3 Å². The van der Waals surface area contributed by atoms with Crippen LogP contribution in [-0.4, -0.2) is 19.3 Å². The molecule has 0 bridgehead atoms. The maximum absolute atomic E-state index is 4.81. The van der Waals surface area contributed by atoms with Gasteiger partial charge in [0.25, 0.3) is 0 Å². The zero-order valence-corrected chi connectivity index (χ0v) is 8.27. The molecule has 2 aromatic rings. The summed E-state index contributed by atoms with van der Waals surface area (Å²) < 4.78 is 4.81. The maximum Gasteiger partial charge on any atom is 0.124 e. The van der Waals surface area contributed by atoms with Crippen molar-refractivity contribution in [1.29, 1.82) is 0 Å². The van der Waals surface area contributed by atoms with Crippen LogP contribution in [0.25, 0.3) is 11.3 Å². The van der Waals surface area contributed by atoms with Gasteiger partial charge < -0.3 is 9.42 Å². The van der Waals surface area contributed by atoms with Crippen LogP contribution in [0.3, 0.4) is 0 Å². The Labute approximate surface area is 82.9 Å². The largest absolute Gasteiger partial charge is 0.378 e. The Kier molecular flexibility index (Phi) is 2.23. The molecule has 0 atom stereocenters. The highest BCUT2D eigenvalue weighted by molar-refractivity contribution is 5.64. The van der Waals surface area contributed by atoms with Gasteiger partial charge in [0.05, 0.1) is 0 Å². The number of nitrogens with zero attached hydrogens (tertiary/aromatic N) is 2. The van der Waals surface area contributed by atoms with Crippen molar-refractivity contribution in [2.24, 2.45) is 0 Å². The van der Waals surface area contributed by atoms with Crippen molar-refractivity contribution < 1.29 is 4.52 Å². The van der Waals surface area contributed by atoms with Gasteiger partial charge in [-0.25, -0.2) is 0 Å². The van der Waals surface area contributed by atoms with Gasteiger partial charge in [0.2, 0.25) is 0 Å². The summed E-state index contributed by atoms with van der Waals surface area (Å²) >= 11 is 0. The first-order valence-electron chi connectivity index (χ1n) is 4.45. The lowest BCUT2D eigenvalue weighted by Gasteiger charge is -2.12. The fraction of sp³-hybridized carbons (Fsp3) is 0.182. The molecule has 1 aromatic heterocycles. The third-order valence-corrected chi connectivity index (χ3v) is 2.10. The third kappa shape index (κ3) is 1.62. The third-order valence-electron chi connectivity index (χ3n) is 2.10. The first-order chi connectivity index (χ1) is 6.77. The van der Waals surface area contributed by atoms with Gasteiger partial charge in [-0.2, -0.15) is 0 Å². The van der Waals surface area contributed by atoms with Gasteiger partial charge >= 0.3 is 0 Å². The molecule has 1 aromatic carbocycles. The Morgan fingerprint density at radius 3 is 2.71 bits per heavy atom. The molecule has 72 valence electrons. The lowest BCUT2D eigenvalue weighted by atomic mass is 10.1. The van der Waals surface area contributed by atoms with Gasteiger partial charge in [-0.05, 0) is 12.1 Å². The molecule has 0 spiro atoms. The lowest BCUT2D eigenvalue weighted by molar-refractivity contribution is 0.422. The Hall–Kier alpha value is -1.77. The standard InChI is InChI=1S/C11H12N2O/c1-13(2)10-5-3-4-9(8-10)11-6-7-14-12-11/h3-8H,1-2H3. The zero-order valence-electron chi connectivity index (χ0n) is 8.27. The Bertz CT molecular complexity index is 407. The summed E-state index contributed by atoms with van der Waals surface area (Å²) in [6.07, 6.45) is 1.58. The molecule has 3 heteroatoms. The highest BCUT2D eigenvalue weighted by atomic mass is 16.5. The summed E-state index contributed by atoms with van der Waals surface area (Å²) in [7, 11) is 4.03. The summed E-state index contributed by atoms with van der Waals surface area (Å²) in [6, 6.07) is 10.0. The van der Waals surface area contributed by atoms with Crippen LogP contribution in [0, 0.1) is 0 Å². The van der Waals surface area contributed by atoms with Crippen LogP contribution >= 0.6 is 0 Å². The fourth-order valence-corrected chi connectivity index (χ4v) is 1.30. The monoisotopic (exact) mass is 188 g/mol. The van der Waals surface area contributed by atoms with Gasteiger partial charge in [0.15, 0.2) is 0 Å². The molecule has 0 aliphatic heterocycles. The molecule has 0 radical (unpaired) electrons. The number of aromatic nitrogens is 1. The quantitative estimate of drug-likeness (QED) is 0.724. The molecule has 0 amide bonds. The second-order valence-corrected chi connectivity index (χ2v) is 3.33. The van der Waals surface area contributed by atoms with Gasteiger partial charge in [-0.15, -0.1) is 0 Å². The van der Waals surface area contributed by atoms with Crippen LogP contribution < -0.4 is 4.90 Å². The topological polar surface area (TPSA) is 29.3 Å². The highest BCUT2D eigenvalue weighted by Crippen LogP contribution is 2.21. The predicted molar refractivity (Wildman–Crippen MR) is 56.3 cm³/mol. The SMILES string of the molecule is CN(C)c1cccc(-c2ccon2)c1. The van der Waals surface area contributed by atoms with E-state index in [-0.39, 0.29) is 0 Å². The normalized spacial score (nSPS) is 10.1. The van der Waals surface area contributed by atoms with Gasteiger partial charge in [-0.3, -0.25) is 0 Å². The number of hydrogen-bond donors (Lipinski definition) is 0. The van der Waals surface area contributed by atoms with Crippen molar-refractivity contribution >= 4 is 5.69 Å². The van der Waals surface area contributed by atoms with Gasteiger partial charge in [0, 0.05) is 31.4 Å². The molecule has 0 N–H and O–H groups in total. The first kappa shape index (κ1) is 8.81. The molecule has 0 saturated carbocycles. The number of anilines is 1. The molecule has 3 nitrogen and oxygen atoms in total. The average Bonchev–Trinajstić information content (AvgIpc) is 2.71. The van der Waals surface area contributed by atoms with E-state index in [0.717, 1.165) is 16.9 Å². The van der Waals surface area contributed by atoms with E-state index in [1.165, 1.54) is 0 Å². The molecular weight excluding hydrogens is 176 g/mol. The van der Waals surface area contributed by atoms with Crippen LogP contribution in [0.5, 0.6) is 0 Å². The zero-order chi connectivity index (χ0) is 9.97. The number of benzene rings is 1. The Morgan fingerprint density at radius 2 is 2.07 bits per heavy atom. The smallest absolute Gasteiger partial charge is 0.124 e. The highest BCUT2D eigenvalue weighted by Gasteiger charge is 2.02. The molecule has 1 heterocycles. The average molecular weight is 188 g/mol. The number of rotatable bonds is 2. The second-order valence-electron chi connectivity index (χ2n) is 3.33. The van der Waals surface area contributed by atoms with Crippen LogP contribution in [0.2, 0.25) is 0 Å². The molecular formula is C11H12N2O. The van der Waals surface area contributed by atoms with Crippen LogP contribution in [0.15, 0.2) is 41.1 Å². The van der Waals surface area contributed by atoms with Gasteiger partial charge in [-0.1, -0.05) is 17.3 Å². The maximum atomic E-state index is 4.81. The first-order valence-corrected chi connectivity index (χ1v) is 4.45. The van der Waals surface area contributed by atoms with Crippen LogP contribution in [0.1, 0.15) is 0 Å². The van der Waals surface area contributed by atoms with E-state index in [0.29, 0.717) is 0 Å². The van der Waals surface area contributed by atoms with E-state index < -0.39 is 0 Å². The van der Waals surface area contributed by atoms with E-state index in [9.17, 15) is 0 Å². The van der Waals surface area contributed by atoms with E-state index >= 15 is 0 Å². The molecule has 0 aliphatic rings. The summed E-state index contributed by atoms with van der Waals surface area (Å²) in [4.78, 5) is 2.06. The second kappa shape index (κ2) is 3.54. The van der Waals surface area contributed by atoms with Crippen molar-refractivity contribution in [1.82, 2.24) is 5.16 Å². The molecule has 0 saturated heterocycles. The van der Waals surface area contributed by atoms with Crippen LogP contribution in [0.4, 0.5) is 5.69 Å². The molecule has 14 heavy (non-hydrogen) atoms. The Morgan fingerprint density at radius 1 is 1.21 bits per heavy atom. The minimum atomic E-state index is 0.869. The van der Waals surface area contributed by atoms with Gasteiger partial charge in [0.1, 0.15) is 12.0 Å². The van der Waals surface area contributed by atoms with E-state index in [2.05, 4.69) is 22.2 Å². The minimum absolute atomic E-state index is 0.869. The van der Waals surface area contributed by atoms with E-state index in [4.69, 9.17) is 4.52 Å². The Balaban J connectivity index is 2.41. The van der Waals surface area contributed by atoms with Crippen molar-refractivity contribution in [2.45, 2.75) is 0 Å². The lowest BCUT2D eigenvalue weighted by Crippen LogP contribution is -2.08. The predicted octanol–water partition coefficient (Wildman–Crippen LogP) is 2.41.